The van der Waals surface area contributed by atoms with Crippen LogP contribution in [0.2, 0.25) is 0 Å². The largest absolute Gasteiger partial charge is 0.353 e. The molecule has 0 unspecified atom stereocenters. The van der Waals surface area contributed by atoms with Gasteiger partial charge in [-0.05, 0) is 31.9 Å². The molecule has 3 rings (SSSR count). The average Bonchev–Trinajstić information content (AvgIpc) is 3.21. The Balaban J connectivity index is 1.48. The average molecular weight is 444 g/mol. The third-order valence-corrected chi connectivity index (χ3v) is 6.70. The zero-order valence-corrected chi connectivity index (χ0v) is 19.1. The number of benzene rings is 1. The zero-order valence-electron chi connectivity index (χ0n) is 18.3. The highest BCUT2D eigenvalue weighted by molar-refractivity contribution is 8.00. The van der Waals surface area contributed by atoms with Gasteiger partial charge in [-0.1, -0.05) is 44.2 Å². The Bertz CT molecular complexity index is 846. The van der Waals surface area contributed by atoms with Gasteiger partial charge in [0.15, 0.2) is 0 Å². The molecule has 1 fully saturated rings. The summed E-state index contributed by atoms with van der Waals surface area (Å²) in [5.74, 6) is 1.09. The van der Waals surface area contributed by atoms with Crippen LogP contribution in [0.4, 0.5) is 0 Å². The molecule has 2 N–H and O–H groups in total. The standard InChI is InChI=1S/C23H33N5O2S/c1-2-28-17-25-27-21(28)14-15-24-23(30)19-12-8-9-13-20(19)31-16-22(29)26-18-10-6-4-3-5-7-11-18/h8-9,12-13,17-18H,2-7,10-11,14-16H2,1H3,(H,24,30)(H,26,29). The first kappa shape index (κ1) is 23.3. The summed E-state index contributed by atoms with van der Waals surface area (Å²) >= 11 is 1.42. The summed E-state index contributed by atoms with van der Waals surface area (Å²) in [4.78, 5) is 26.0. The first-order valence-electron chi connectivity index (χ1n) is 11.3. The third kappa shape index (κ3) is 7.38. The van der Waals surface area contributed by atoms with Gasteiger partial charge in [-0.15, -0.1) is 22.0 Å². The van der Waals surface area contributed by atoms with Crippen LogP contribution in [0, 0.1) is 0 Å². The number of aromatic nitrogens is 3. The van der Waals surface area contributed by atoms with Gasteiger partial charge in [-0.25, -0.2) is 0 Å². The maximum atomic E-state index is 12.7. The Kier molecular flexibility index (Phi) is 9.39. The van der Waals surface area contributed by atoms with Crippen LogP contribution in [0.25, 0.3) is 0 Å². The van der Waals surface area contributed by atoms with E-state index in [-0.39, 0.29) is 17.9 Å². The SMILES string of the molecule is CCn1cnnc1CCNC(=O)c1ccccc1SCC(=O)NC1CCCCCCC1. The highest BCUT2D eigenvalue weighted by atomic mass is 32.2. The summed E-state index contributed by atoms with van der Waals surface area (Å²) in [5, 5.41) is 14.2. The van der Waals surface area contributed by atoms with Crippen molar-refractivity contribution in [2.24, 2.45) is 0 Å². The maximum absolute atomic E-state index is 12.7. The molecule has 2 aromatic rings. The molecule has 1 aromatic carbocycles. The normalized spacial score (nSPS) is 15.1. The predicted molar refractivity (Wildman–Crippen MR) is 123 cm³/mol. The fraction of sp³-hybridized carbons (Fsp3) is 0.565. The molecule has 0 radical (unpaired) electrons. The van der Waals surface area contributed by atoms with Gasteiger partial charge in [0.05, 0.1) is 11.3 Å². The monoisotopic (exact) mass is 443 g/mol. The van der Waals surface area contributed by atoms with Crippen LogP contribution >= 0.6 is 11.8 Å². The number of carbonyl (C=O) groups excluding carboxylic acids is 2. The lowest BCUT2D eigenvalue weighted by molar-refractivity contribution is -0.119. The van der Waals surface area contributed by atoms with E-state index in [1.807, 2.05) is 29.7 Å². The molecule has 0 bridgehead atoms. The summed E-state index contributed by atoms with van der Waals surface area (Å²) in [6, 6.07) is 7.74. The lowest BCUT2D eigenvalue weighted by atomic mass is 9.97. The van der Waals surface area contributed by atoms with Crippen LogP contribution in [0.15, 0.2) is 35.5 Å². The summed E-state index contributed by atoms with van der Waals surface area (Å²) in [6.45, 7) is 3.32. The Morgan fingerprint density at radius 3 is 2.65 bits per heavy atom. The molecule has 7 nitrogen and oxygen atoms in total. The van der Waals surface area contributed by atoms with Crippen LogP contribution < -0.4 is 10.6 Å². The highest BCUT2D eigenvalue weighted by Gasteiger charge is 2.16. The predicted octanol–water partition coefficient (Wildman–Crippen LogP) is 3.59. The van der Waals surface area contributed by atoms with Crippen molar-refractivity contribution in [2.45, 2.75) is 75.8 Å². The van der Waals surface area contributed by atoms with Gasteiger partial charge in [0.2, 0.25) is 5.91 Å². The first-order chi connectivity index (χ1) is 15.2. The lowest BCUT2D eigenvalue weighted by Gasteiger charge is -2.21. The number of aryl methyl sites for hydroxylation is 1. The molecule has 1 saturated carbocycles. The third-order valence-electron chi connectivity index (χ3n) is 5.63. The molecule has 0 saturated heterocycles. The molecular formula is C23H33N5O2S. The van der Waals surface area contributed by atoms with Crippen LogP contribution in [-0.4, -0.2) is 44.9 Å². The number of nitrogens with one attached hydrogen (secondary N) is 2. The number of nitrogens with zero attached hydrogens (tertiary/aromatic N) is 3. The fourth-order valence-corrected chi connectivity index (χ4v) is 4.77. The van der Waals surface area contributed by atoms with Gasteiger partial charge in [0.25, 0.3) is 5.91 Å². The molecule has 31 heavy (non-hydrogen) atoms. The highest BCUT2D eigenvalue weighted by Crippen LogP contribution is 2.23. The van der Waals surface area contributed by atoms with Crippen LogP contribution in [-0.2, 0) is 17.8 Å². The number of carbonyl (C=O) groups is 2. The Hall–Kier alpha value is -2.35. The summed E-state index contributed by atoms with van der Waals surface area (Å²) in [7, 11) is 0. The molecule has 168 valence electrons. The van der Waals surface area contributed by atoms with Crippen molar-refractivity contribution in [3.8, 4) is 0 Å². The second-order valence-corrected chi connectivity index (χ2v) is 8.95. The number of hydrogen-bond acceptors (Lipinski definition) is 5. The quantitative estimate of drug-likeness (QED) is 0.578. The van der Waals surface area contributed by atoms with Crippen molar-refractivity contribution in [3.05, 3.63) is 42.0 Å². The maximum Gasteiger partial charge on any atom is 0.252 e. The van der Waals surface area contributed by atoms with Gasteiger partial charge in [0.1, 0.15) is 12.2 Å². The summed E-state index contributed by atoms with van der Waals surface area (Å²) in [5.41, 5.74) is 0.600. The Labute approximate surface area is 188 Å². The van der Waals surface area contributed by atoms with E-state index in [4.69, 9.17) is 0 Å². The minimum Gasteiger partial charge on any atom is -0.353 e. The molecule has 8 heteroatoms. The van der Waals surface area contributed by atoms with Crippen molar-refractivity contribution in [2.75, 3.05) is 12.3 Å². The van der Waals surface area contributed by atoms with Crippen molar-refractivity contribution in [1.29, 1.82) is 0 Å². The molecule has 1 aliphatic rings. The zero-order chi connectivity index (χ0) is 21.9. The van der Waals surface area contributed by atoms with Crippen molar-refractivity contribution in [3.63, 3.8) is 0 Å². The molecule has 1 aromatic heterocycles. The molecular weight excluding hydrogens is 410 g/mol. The van der Waals surface area contributed by atoms with E-state index in [2.05, 4.69) is 20.8 Å². The van der Waals surface area contributed by atoms with Crippen molar-refractivity contribution < 1.29 is 9.59 Å². The van der Waals surface area contributed by atoms with Crippen LogP contribution in [0.5, 0.6) is 0 Å². The molecule has 0 aliphatic heterocycles. The number of rotatable bonds is 9. The minimum absolute atomic E-state index is 0.0460. The fourth-order valence-electron chi connectivity index (χ4n) is 3.91. The van der Waals surface area contributed by atoms with E-state index in [0.29, 0.717) is 24.3 Å². The molecule has 1 aliphatic carbocycles. The van der Waals surface area contributed by atoms with E-state index in [1.54, 1.807) is 12.4 Å². The topological polar surface area (TPSA) is 88.9 Å². The Morgan fingerprint density at radius 2 is 1.87 bits per heavy atom. The molecule has 1 heterocycles. The molecule has 0 atom stereocenters. The van der Waals surface area contributed by atoms with E-state index in [1.165, 1.54) is 43.9 Å². The molecule has 2 amide bonds. The van der Waals surface area contributed by atoms with Crippen LogP contribution in [0.1, 0.15) is 68.1 Å². The van der Waals surface area contributed by atoms with Crippen molar-refractivity contribution >= 4 is 23.6 Å². The van der Waals surface area contributed by atoms with Gasteiger partial charge in [-0.3, -0.25) is 9.59 Å². The van der Waals surface area contributed by atoms with Gasteiger partial charge in [-0.2, -0.15) is 0 Å². The molecule has 0 spiro atoms. The Morgan fingerprint density at radius 1 is 1.13 bits per heavy atom. The number of amides is 2. The van der Waals surface area contributed by atoms with Gasteiger partial charge >= 0.3 is 0 Å². The van der Waals surface area contributed by atoms with E-state index in [0.717, 1.165) is 30.1 Å². The summed E-state index contributed by atoms with van der Waals surface area (Å²) in [6.07, 6.45) is 10.7. The summed E-state index contributed by atoms with van der Waals surface area (Å²) < 4.78 is 1.96. The van der Waals surface area contributed by atoms with E-state index in [9.17, 15) is 9.59 Å². The smallest absolute Gasteiger partial charge is 0.252 e. The van der Waals surface area contributed by atoms with Crippen molar-refractivity contribution in [1.82, 2.24) is 25.4 Å². The van der Waals surface area contributed by atoms with E-state index >= 15 is 0 Å². The first-order valence-corrected chi connectivity index (χ1v) is 12.3. The number of hydrogen-bond donors (Lipinski definition) is 2. The second-order valence-electron chi connectivity index (χ2n) is 7.93. The van der Waals surface area contributed by atoms with Gasteiger partial charge < -0.3 is 15.2 Å². The van der Waals surface area contributed by atoms with Gasteiger partial charge in [0, 0.05) is 30.4 Å². The number of thioether (sulfide) groups is 1. The van der Waals surface area contributed by atoms with E-state index < -0.39 is 0 Å². The minimum atomic E-state index is -0.133. The van der Waals surface area contributed by atoms with Crippen LogP contribution in [0.3, 0.4) is 0 Å². The lowest BCUT2D eigenvalue weighted by Crippen LogP contribution is -2.36. The second kappa shape index (κ2) is 12.5.